The molecular formula is C22H29NO6S. The topological polar surface area (TPSA) is 76.1 Å². The summed E-state index contributed by atoms with van der Waals surface area (Å²) in [6.07, 6.45) is 2.81. The van der Waals surface area contributed by atoms with Gasteiger partial charge < -0.3 is 14.2 Å². The van der Waals surface area contributed by atoms with E-state index in [-0.39, 0.29) is 18.6 Å². The summed E-state index contributed by atoms with van der Waals surface area (Å²) >= 11 is 1.60. The van der Waals surface area contributed by atoms with E-state index < -0.39 is 5.97 Å². The van der Waals surface area contributed by atoms with Crippen LogP contribution in [0.25, 0.3) is 10.4 Å². The second kappa shape index (κ2) is 11.5. The van der Waals surface area contributed by atoms with Gasteiger partial charge in [-0.15, -0.1) is 11.3 Å². The van der Waals surface area contributed by atoms with Crippen molar-refractivity contribution >= 4 is 17.3 Å². The molecule has 2 aromatic heterocycles. The number of hydrogen-bond acceptors (Lipinski definition) is 8. The molecule has 8 heteroatoms. The standard InChI is InChI=1S/C22H29NO6S/c1-4-25-22(24)18-12-16(19-10-15(3)20(30-19)14-29-28-5-2)11-17(23-18)13-27-21-8-6-7-9-26-21/h10-12,21H,4-9,13-14H2,1-3H3. The molecule has 3 heterocycles. The zero-order valence-corrected chi connectivity index (χ0v) is 18.6. The van der Waals surface area contributed by atoms with E-state index in [4.69, 9.17) is 24.0 Å². The summed E-state index contributed by atoms with van der Waals surface area (Å²) in [7, 11) is 0. The lowest BCUT2D eigenvalue weighted by molar-refractivity contribution is -0.300. The van der Waals surface area contributed by atoms with Gasteiger partial charge in [-0.05, 0) is 69.4 Å². The van der Waals surface area contributed by atoms with Gasteiger partial charge in [0.1, 0.15) is 12.3 Å². The number of rotatable bonds is 10. The Kier molecular flexibility index (Phi) is 8.77. The molecule has 30 heavy (non-hydrogen) atoms. The van der Waals surface area contributed by atoms with Crippen molar-refractivity contribution in [2.24, 2.45) is 0 Å². The lowest BCUT2D eigenvalue weighted by Crippen LogP contribution is -2.22. The lowest BCUT2D eigenvalue weighted by Gasteiger charge is -2.22. The van der Waals surface area contributed by atoms with Gasteiger partial charge in [0, 0.05) is 16.4 Å². The van der Waals surface area contributed by atoms with Crippen molar-refractivity contribution in [1.29, 1.82) is 0 Å². The van der Waals surface area contributed by atoms with Crippen LogP contribution in [-0.4, -0.2) is 37.1 Å². The number of carbonyl (C=O) groups excluding carboxylic acids is 1. The Hall–Kier alpha value is -1.84. The first-order valence-corrected chi connectivity index (χ1v) is 11.2. The van der Waals surface area contributed by atoms with Crippen LogP contribution in [0.1, 0.15) is 59.7 Å². The quantitative estimate of drug-likeness (QED) is 0.229. The second-order valence-corrected chi connectivity index (χ2v) is 8.08. The molecule has 0 bridgehead atoms. The first-order valence-electron chi connectivity index (χ1n) is 10.4. The van der Waals surface area contributed by atoms with Crippen LogP contribution >= 0.6 is 11.3 Å². The van der Waals surface area contributed by atoms with Gasteiger partial charge in [-0.2, -0.15) is 0 Å². The van der Waals surface area contributed by atoms with Crippen molar-refractivity contribution in [3.8, 4) is 10.4 Å². The first-order chi connectivity index (χ1) is 14.6. The Morgan fingerprint density at radius 1 is 1.17 bits per heavy atom. The van der Waals surface area contributed by atoms with Crippen molar-refractivity contribution in [3.05, 3.63) is 40.0 Å². The third-order valence-corrected chi connectivity index (χ3v) is 5.87. The highest BCUT2D eigenvalue weighted by Crippen LogP contribution is 2.33. The highest BCUT2D eigenvalue weighted by molar-refractivity contribution is 7.15. The molecule has 3 rings (SSSR count). The highest BCUT2D eigenvalue weighted by atomic mass is 32.1. The molecule has 1 saturated heterocycles. The molecule has 1 fully saturated rings. The minimum absolute atomic E-state index is 0.221. The number of carbonyl (C=O) groups is 1. The predicted molar refractivity (Wildman–Crippen MR) is 113 cm³/mol. The Morgan fingerprint density at radius 3 is 2.77 bits per heavy atom. The van der Waals surface area contributed by atoms with E-state index in [1.165, 1.54) is 0 Å². The molecular weight excluding hydrogens is 406 g/mol. The zero-order valence-electron chi connectivity index (χ0n) is 17.8. The summed E-state index contributed by atoms with van der Waals surface area (Å²) in [5.74, 6) is -0.442. The van der Waals surface area contributed by atoms with Crippen LogP contribution in [0.15, 0.2) is 18.2 Å². The van der Waals surface area contributed by atoms with Crippen LogP contribution in [0.2, 0.25) is 0 Å². The maximum atomic E-state index is 12.3. The van der Waals surface area contributed by atoms with Crippen molar-refractivity contribution < 1.29 is 28.8 Å². The van der Waals surface area contributed by atoms with Crippen molar-refractivity contribution in [2.75, 3.05) is 19.8 Å². The number of ether oxygens (including phenoxy) is 3. The van der Waals surface area contributed by atoms with Gasteiger partial charge >= 0.3 is 5.97 Å². The number of pyridine rings is 1. The van der Waals surface area contributed by atoms with E-state index in [1.54, 1.807) is 24.3 Å². The first kappa shape index (κ1) is 22.8. The third-order valence-electron chi connectivity index (χ3n) is 4.61. The van der Waals surface area contributed by atoms with Gasteiger partial charge in [-0.3, -0.25) is 0 Å². The fourth-order valence-corrected chi connectivity index (χ4v) is 4.18. The van der Waals surface area contributed by atoms with Gasteiger partial charge in [0.25, 0.3) is 0 Å². The van der Waals surface area contributed by atoms with E-state index in [9.17, 15) is 4.79 Å². The van der Waals surface area contributed by atoms with Crippen LogP contribution in [-0.2, 0) is 37.2 Å². The minimum Gasteiger partial charge on any atom is -0.461 e. The molecule has 1 atom stereocenters. The van der Waals surface area contributed by atoms with Crippen molar-refractivity contribution in [2.45, 2.75) is 59.5 Å². The van der Waals surface area contributed by atoms with E-state index in [0.29, 0.717) is 32.1 Å². The third kappa shape index (κ3) is 6.33. The maximum absolute atomic E-state index is 12.3. The van der Waals surface area contributed by atoms with E-state index in [1.807, 2.05) is 19.9 Å². The van der Waals surface area contributed by atoms with Gasteiger partial charge in [0.2, 0.25) is 0 Å². The summed E-state index contributed by atoms with van der Waals surface area (Å²) in [5, 5.41) is 0. The summed E-state index contributed by atoms with van der Waals surface area (Å²) < 4.78 is 16.7. The molecule has 0 amide bonds. The van der Waals surface area contributed by atoms with Crippen LogP contribution < -0.4 is 0 Å². The average Bonchev–Trinajstić information content (AvgIpc) is 3.14. The van der Waals surface area contributed by atoms with Crippen LogP contribution in [0.5, 0.6) is 0 Å². The summed E-state index contributed by atoms with van der Waals surface area (Å²) in [5.41, 5.74) is 2.95. The average molecular weight is 436 g/mol. The minimum atomic E-state index is -0.442. The Morgan fingerprint density at radius 2 is 2.03 bits per heavy atom. The second-order valence-electron chi connectivity index (χ2n) is 6.95. The predicted octanol–water partition coefficient (Wildman–Crippen LogP) is 4.81. The van der Waals surface area contributed by atoms with E-state index in [0.717, 1.165) is 40.1 Å². The normalized spacial score (nSPS) is 16.6. The van der Waals surface area contributed by atoms with Crippen molar-refractivity contribution in [3.63, 3.8) is 0 Å². The molecule has 0 radical (unpaired) electrons. The summed E-state index contributed by atoms with van der Waals surface area (Å²) in [6, 6.07) is 5.79. The molecule has 0 saturated carbocycles. The van der Waals surface area contributed by atoms with E-state index in [2.05, 4.69) is 11.1 Å². The molecule has 1 aliphatic heterocycles. The maximum Gasteiger partial charge on any atom is 0.356 e. The number of esters is 1. The molecule has 0 aromatic carbocycles. The van der Waals surface area contributed by atoms with Crippen molar-refractivity contribution in [1.82, 2.24) is 4.98 Å². The van der Waals surface area contributed by atoms with Gasteiger partial charge in [-0.1, -0.05) is 0 Å². The summed E-state index contributed by atoms with van der Waals surface area (Å²) in [6.45, 7) is 7.85. The molecule has 0 aliphatic carbocycles. The zero-order chi connectivity index (χ0) is 21.3. The molecule has 1 aliphatic rings. The molecule has 1 unspecified atom stereocenters. The fourth-order valence-electron chi connectivity index (χ4n) is 3.12. The van der Waals surface area contributed by atoms with Crippen LogP contribution in [0, 0.1) is 6.92 Å². The monoisotopic (exact) mass is 435 g/mol. The number of hydrogen-bond donors (Lipinski definition) is 0. The Bertz CT molecular complexity index is 831. The lowest BCUT2D eigenvalue weighted by atomic mass is 10.1. The van der Waals surface area contributed by atoms with Gasteiger partial charge in [0.05, 0.1) is 25.5 Å². The molecule has 164 valence electrons. The number of aromatic nitrogens is 1. The summed E-state index contributed by atoms with van der Waals surface area (Å²) in [4.78, 5) is 29.1. The molecule has 0 spiro atoms. The Balaban J connectivity index is 1.82. The molecule has 0 N–H and O–H groups in total. The SMILES string of the molecule is CCOOCc1sc(-c2cc(COC3CCCCO3)nc(C(=O)OCC)c2)cc1C. The van der Waals surface area contributed by atoms with Gasteiger partial charge in [-0.25, -0.2) is 19.6 Å². The molecule has 2 aromatic rings. The highest BCUT2D eigenvalue weighted by Gasteiger charge is 2.18. The van der Waals surface area contributed by atoms with Crippen LogP contribution in [0.4, 0.5) is 0 Å². The smallest absolute Gasteiger partial charge is 0.356 e. The Labute approximate surface area is 181 Å². The van der Waals surface area contributed by atoms with Gasteiger partial charge in [0.15, 0.2) is 6.29 Å². The molecule has 7 nitrogen and oxygen atoms in total. The fraction of sp³-hybridized carbons (Fsp3) is 0.545. The number of thiophene rings is 1. The largest absolute Gasteiger partial charge is 0.461 e. The van der Waals surface area contributed by atoms with Crippen LogP contribution in [0.3, 0.4) is 0 Å². The van der Waals surface area contributed by atoms with E-state index >= 15 is 0 Å². The number of aryl methyl sites for hydroxylation is 1. The number of nitrogens with zero attached hydrogens (tertiary/aromatic N) is 1.